The average molecular weight is 275 g/mol. The summed E-state index contributed by atoms with van der Waals surface area (Å²) in [5.74, 6) is 0.542. The van der Waals surface area contributed by atoms with Crippen LogP contribution in [0.25, 0.3) is 10.4 Å². The maximum atomic E-state index is 11.6. The highest BCUT2D eigenvalue weighted by molar-refractivity contribution is 5.73. The lowest BCUT2D eigenvalue weighted by Crippen LogP contribution is -2.39. The summed E-state index contributed by atoms with van der Waals surface area (Å²) in [5.41, 5.74) is 9.06. The molecule has 1 saturated heterocycles. The van der Waals surface area contributed by atoms with Gasteiger partial charge in [-0.15, -0.1) is 0 Å². The molecule has 1 aliphatic rings. The smallest absolute Gasteiger partial charge is 0.310 e. The van der Waals surface area contributed by atoms with Gasteiger partial charge in [-0.2, -0.15) is 0 Å². The molecule has 1 aromatic rings. The van der Waals surface area contributed by atoms with Crippen molar-refractivity contribution in [3.63, 3.8) is 0 Å². The molecule has 0 saturated carbocycles. The molecular weight excluding hydrogens is 258 g/mol. The molecule has 0 radical (unpaired) electrons. The summed E-state index contributed by atoms with van der Waals surface area (Å²) in [4.78, 5) is 20.9. The molecule has 0 N–H and O–H groups in total. The minimum Gasteiger partial charge on any atom is -0.469 e. The molecule has 1 aliphatic heterocycles. The van der Waals surface area contributed by atoms with E-state index >= 15 is 0 Å². The standard InChI is InChI=1S/C13H17N5O2/c1-20-13(19)10-4-3-7-18(9-10)12-6-2-5-11(16-12)8-15-17-14/h2,5-6,10H,3-4,7-9H2,1H3. The van der Waals surface area contributed by atoms with Gasteiger partial charge >= 0.3 is 5.97 Å². The molecule has 0 spiro atoms. The third-order valence-corrected chi connectivity index (χ3v) is 3.37. The van der Waals surface area contributed by atoms with E-state index in [9.17, 15) is 4.79 Å². The van der Waals surface area contributed by atoms with E-state index in [0.717, 1.165) is 30.9 Å². The molecule has 0 aliphatic carbocycles. The maximum absolute atomic E-state index is 11.6. The van der Waals surface area contributed by atoms with Crippen molar-refractivity contribution in [3.05, 3.63) is 34.3 Å². The van der Waals surface area contributed by atoms with E-state index < -0.39 is 0 Å². The van der Waals surface area contributed by atoms with Crippen LogP contribution in [0.2, 0.25) is 0 Å². The van der Waals surface area contributed by atoms with Gasteiger partial charge in [-0.25, -0.2) is 4.98 Å². The topological polar surface area (TPSA) is 91.2 Å². The minimum absolute atomic E-state index is 0.101. The van der Waals surface area contributed by atoms with Crippen LogP contribution < -0.4 is 4.90 Å². The fourth-order valence-electron chi connectivity index (χ4n) is 2.38. The van der Waals surface area contributed by atoms with Gasteiger partial charge in [-0.3, -0.25) is 4.79 Å². The first-order chi connectivity index (χ1) is 9.74. The zero-order chi connectivity index (χ0) is 14.4. The SMILES string of the molecule is COC(=O)C1CCCN(c2cccc(CN=[N+]=[N-])n2)C1. The summed E-state index contributed by atoms with van der Waals surface area (Å²) in [6, 6.07) is 5.60. The monoisotopic (exact) mass is 275 g/mol. The van der Waals surface area contributed by atoms with Crippen LogP contribution >= 0.6 is 0 Å². The molecule has 2 rings (SSSR count). The van der Waals surface area contributed by atoms with Crippen molar-refractivity contribution >= 4 is 11.8 Å². The van der Waals surface area contributed by atoms with Crippen molar-refractivity contribution in [3.8, 4) is 0 Å². The molecule has 7 nitrogen and oxygen atoms in total. The third-order valence-electron chi connectivity index (χ3n) is 3.37. The van der Waals surface area contributed by atoms with E-state index in [1.54, 1.807) is 0 Å². The molecule has 1 fully saturated rings. The number of pyridine rings is 1. The first-order valence-corrected chi connectivity index (χ1v) is 6.54. The van der Waals surface area contributed by atoms with Gasteiger partial charge in [-0.05, 0) is 30.5 Å². The van der Waals surface area contributed by atoms with Crippen molar-refractivity contribution in [2.45, 2.75) is 19.4 Å². The molecule has 0 bridgehead atoms. The molecule has 0 amide bonds. The molecule has 7 heteroatoms. The number of carbonyl (C=O) groups excluding carboxylic acids is 1. The average Bonchev–Trinajstić information content (AvgIpc) is 2.52. The number of aromatic nitrogens is 1. The summed E-state index contributed by atoms with van der Waals surface area (Å²) < 4.78 is 4.81. The van der Waals surface area contributed by atoms with Gasteiger partial charge in [0.15, 0.2) is 0 Å². The largest absolute Gasteiger partial charge is 0.469 e. The zero-order valence-electron chi connectivity index (χ0n) is 11.4. The summed E-state index contributed by atoms with van der Waals surface area (Å²) in [7, 11) is 1.42. The van der Waals surface area contributed by atoms with Crippen LogP contribution in [0.15, 0.2) is 23.3 Å². The Balaban J connectivity index is 2.10. The lowest BCUT2D eigenvalue weighted by Gasteiger charge is -2.32. The minimum atomic E-state index is -0.167. The predicted molar refractivity (Wildman–Crippen MR) is 74.0 cm³/mol. The lowest BCUT2D eigenvalue weighted by atomic mass is 9.98. The molecule has 1 unspecified atom stereocenters. The van der Waals surface area contributed by atoms with Gasteiger partial charge in [-0.1, -0.05) is 11.2 Å². The molecule has 1 aromatic heterocycles. The van der Waals surface area contributed by atoms with Crippen LogP contribution in [0, 0.1) is 5.92 Å². The second kappa shape index (κ2) is 6.77. The van der Waals surface area contributed by atoms with Gasteiger partial charge in [0.1, 0.15) is 5.82 Å². The van der Waals surface area contributed by atoms with E-state index in [1.807, 2.05) is 18.2 Å². The summed E-state index contributed by atoms with van der Waals surface area (Å²) in [6.07, 6.45) is 1.78. The predicted octanol–water partition coefficient (Wildman–Crippen LogP) is 2.28. The number of piperidine rings is 1. The Morgan fingerprint density at radius 1 is 1.65 bits per heavy atom. The number of hydrogen-bond acceptors (Lipinski definition) is 5. The number of nitrogens with zero attached hydrogens (tertiary/aromatic N) is 5. The zero-order valence-corrected chi connectivity index (χ0v) is 11.4. The molecule has 1 atom stereocenters. The summed E-state index contributed by atoms with van der Waals surface area (Å²) in [5, 5.41) is 3.51. The highest BCUT2D eigenvalue weighted by atomic mass is 16.5. The molecule has 20 heavy (non-hydrogen) atoms. The third kappa shape index (κ3) is 3.39. The normalized spacial score (nSPS) is 18.2. The van der Waals surface area contributed by atoms with Crippen molar-refractivity contribution in [1.82, 2.24) is 4.98 Å². The van der Waals surface area contributed by atoms with Crippen LogP contribution in [0.5, 0.6) is 0 Å². The van der Waals surface area contributed by atoms with Gasteiger partial charge in [0.25, 0.3) is 0 Å². The second-order valence-corrected chi connectivity index (χ2v) is 4.68. The Hall–Kier alpha value is -2.27. The molecular formula is C13H17N5O2. The van der Waals surface area contributed by atoms with Crippen molar-refractivity contribution < 1.29 is 9.53 Å². The highest BCUT2D eigenvalue weighted by Gasteiger charge is 2.27. The van der Waals surface area contributed by atoms with Crippen molar-refractivity contribution in [2.75, 3.05) is 25.1 Å². The van der Waals surface area contributed by atoms with Crippen LogP contribution in [0.1, 0.15) is 18.5 Å². The van der Waals surface area contributed by atoms with Crippen molar-refractivity contribution in [2.24, 2.45) is 11.0 Å². The maximum Gasteiger partial charge on any atom is 0.310 e. The number of azide groups is 1. The fourth-order valence-corrected chi connectivity index (χ4v) is 2.38. The van der Waals surface area contributed by atoms with E-state index in [1.165, 1.54) is 7.11 Å². The molecule has 106 valence electrons. The van der Waals surface area contributed by atoms with Crippen molar-refractivity contribution in [1.29, 1.82) is 0 Å². The second-order valence-electron chi connectivity index (χ2n) is 4.68. The van der Waals surface area contributed by atoms with E-state index in [2.05, 4.69) is 19.9 Å². The van der Waals surface area contributed by atoms with E-state index in [0.29, 0.717) is 6.54 Å². The van der Waals surface area contributed by atoms with Crippen LogP contribution in [0.3, 0.4) is 0 Å². The Morgan fingerprint density at radius 2 is 2.50 bits per heavy atom. The number of rotatable bonds is 4. The lowest BCUT2D eigenvalue weighted by molar-refractivity contribution is -0.145. The Bertz CT molecular complexity index is 527. The van der Waals surface area contributed by atoms with E-state index in [-0.39, 0.29) is 18.4 Å². The van der Waals surface area contributed by atoms with Gasteiger partial charge in [0.2, 0.25) is 0 Å². The Kier molecular flexibility index (Phi) is 4.79. The van der Waals surface area contributed by atoms with E-state index in [4.69, 9.17) is 10.3 Å². The Labute approximate surface area is 117 Å². The highest BCUT2D eigenvalue weighted by Crippen LogP contribution is 2.22. The molecule has 2 heterocycles. The van der Waals surface area contributed by atoms with Crippen LogP contribution in [-0.4, -0.2) is 31.2 Å². The number of carbonyl (C=O) groups is 1. The summed E-state index contributed by atoms with van der Waals surface area (Å²) >= 11 is 0. The number of hydrogen-bond donors (Lipinski definition) is 0. The number of esters is 1. The number of anilines is 1. The first-order valence-electron chi connectivity index (χ1n) is 6.54. The van der Waals surface area contributed by atoms with Gasteiger partial charge in [0, 0.05) is 23.7 Å². The van der Waals surface area contributed by atoms with Crippen LogP contribution in [0.4, 0.5) is 5.82 Å². The first kappa shape index (κ1) is 14.1. The molecule has 0 aromatic carbocycles. The summed E-state index contributed by atoms with van der Waals surface area (Å²) in [6.45, 7) is 1.72. The van der Waals surface area contributed by atoms with Gasteiger partial charge < -0.3 is 9.64 Å². The number of ether oxygens (including phenoxy) is 1. The van der Waals surface area contributed by atoms with Gasteiger partial charge in [0.05, 0.1) is 19.6 Å². The van der Waals surface area contributed by atoms with Crippen LogP contribution in [-0.2, 0) is 16.1 Å². The quantitative estimate of drug-likeness (QED) is 0.365. The Morgan fingerprint density at radius 3 is 3.25 bits per heavy atom. The fraction of sp³-hybridized carbons (Fsp3) is 0.538. The number of methoxy groups -OCH3 is 1.